The minimum atomic E-state index is -0.195. The standard InChI is InChI=1S/C18H19BrN4O/c1-22(2)12-14-7-5-6-13(10-14)11-20-18(24)17-21-16(19)15-8-3-4-9-23(15)17/h3-10H,11-12H2,1-2H3,(H,20,24). The number of hydrogen-bond acceptors (Lipinski definition) is 3. The molecule has 3 rings (SSSR count). The van der Waals surface area contributed by atoms with E-state index in [0.717, 1.165) is 17.6 Å². The van der Waals surface area contributed by atoms with Gasteiger partial charge in [0.05, 0.1) is 5.52 Å². The van der Waals surface area contributed by atoms with E-state index < -0.39 is 0 Å². The normalized spacial score (nSPS) is 11.2. The van der Waals surface area contributed by atoms with Gasteiger partial charge < -0.3 is 10.2 Å². The fourth-order valence-electron chi connectivity index (χ4n) is 2.62. The van der Waals surface area contributed by atoms with Gasteiger partial charge in [-0.2, -0.15) is 0 Å². The number of carbonyl (C=O) groups excluding carboxylic acids is 1. The molecule has 6 heteroatoms. The Labute approximate surface area is 149 Å². The highest BCUT2D eigenvalue weighted by Crippen LogP contribution is 2.18. The highest BCUT2D eigenvalue weighted by molar-refractivity contribution is 9.10. The van der Waals surface area contributed by atoms with Crippen molar-refractivity contribution in [1.82, 2.24) is 19.6 Å². The lowest BCUT2D eigenvalue weighted by molar-refractivity contribution is 0.0940. The average Bonchev–Trinajstić information content (AvgIpc) is 2.90. The summed E-state index contributed by atoms with van der Waals surface area (Å²) in [5.41, 5.74) is 3.17. The molecule has 1 aromatic carbocycles. The summed E-state index contributed by atoms with van der Waals surface area (Å²) in [7, 11) is 4.07. The molecule has 24 heavy (non-hydrogen) atoms. The fourth-order valence-corrected chi connectivity index (χ4v) is 3.12. The van der Waals surface area contributed by atoms with Crippen LogP contribution in [0.15, 0.2) is 53.3 Å². The first-order chi connectivity index (χ1) is 11.5. The number of halogens is 1. The maximum absolute atomic E-state index is 12.5. The average molecular weight is 387 g/mol. The van der Waals surface area contributed by atoms with Crippen LogP contribution < -0.4 is 5.32 Å². The third-order valence-corrected chi connectivity index (χ3v) is 4.23. The van der Waals surface area contributed by atoms with Crippen LogP contribution in [-0.2, 0) is 13.1 Å². The van der Waals surface area contributed by atoms with Crippen molar-refractivity contribution in [2.24, 2.45) is 0 Å². The third-order valence-electron chi connectivity index (χ3n) is 3.65. The van der Waals surface area contributed by atoms with E-state index in [9.17, 15) is 4.79 Å². The van der Waals surface area contributed by atoms with E-state index in [-0.39, 0.29) is 5.91 Å². The molecule has 124 valence electrons. The van der Waals surface area contributed by atoms with Crippen molar-refractivity contribution in [3.05, 3.63) is 70.2 Å². The molecule has 3 aromatic rings. The highest BCUT2D eigenvalue weighted by Gasteiger charge is 2.15. The molecule has 0 aliphatic heterocycles. The predicted octanol–water partition coefficient (Wildman–Crippen LogP) is 3.09. The number of nitrogens with one attached hydrogen (secondary N) is 1. The molecule has 0 unspecified atom stereocenters. The topological polar surface area (TPSA) is 49.6 Å². The van der Waals surface area contributed by atoms with Crippen molar-refractivity contribution in [2.45, 2.75) is 13.1 Å². The summed E-state index contributed by atoms with van der Waals surface area (Å²) in [6.07, 6.45) is 1.83. The van der Waals surface area contributed by atoms with E-state index in [1.54, 1.807) is 4.40 Å². The second-order valence-corrected chi connectivity index (χ2v) is 6.67. The molecule has 5 nitrogen and oxygen atoms in total. The number of carbonyl (C=O) groups is 1. The summed E-state index contributed by atoms with van der Waals surface area (Å²) < 4.78 is 2.45. The van der Waals surface area contributed by atoms with Gasteiger partial charge in [0, 0.05) is 19.3 Å². The number of amides is 1. The van der Waals surface area contributed by atoms with Gasteiger partial charge in [-0.05, 0) is 53.3 Å². The van der Waals surface area contributed by atoms with Crippen molar-refractivity contribution in [2.75, 3.05) is 14.1 Å². The number of imidazole rings is 1. The Bertz CT molecular complexity index is 872. The molecule has 2 aromatic heterocycles. The number of pyridine rings is 1. The van der Waals surface area contributed by atoms with Gasteiger partial charge in [0.2, 0.25) is 5.82 Å². The molecule has 0 fully saturated rings. The van der Waals surface area contributed by atoms with Crippen molar-refractivity contribution in [3.63, 3.8) is 0 Å². The molecule has 0 radical (unpaired) electrons. The molecule has 0 saturated carbocycles. The highest BCUT2D eigenvalue weighted by atomic mass is 79.9. The molecule has 1 amide bonds. The zero-order chi connectivity index (χ0) is 17.1. The SMILES string of the molecule is CN(C)Cc1cccc(CNC(=O)c2nc(Br)c3ccccn23)c1. The summed E-state index contributed by atoms with van der Waals surface area (Å²) in [5, 5.41) is 2.94. The monoisotopic (exact) mass is 386 g/mol. The van der Waals surface area contributed by atoms with E-state index in [0.29, 0.717) is 17.0 Å². The smallest absolute Gasteiger partial charge is 0.287 e. The lowest BCUT2D eigenvalue weighted by Gasteiger charge is -2.11. The zero-order valence-electron chi connectivity index (χ0n) is 13.7. The number of rotatable bonds is 5. The molecular formula is C18H19BrN4O. The second-order valence-electron chi connectivity index (χ2n) is 5.92. The first-order valence-corrected chi connectivity index (χ1v) is 8.47. The maximum atomic E-state index is 12.5. The van der Waals surface area contributed by atoms with Gasteiger partial charge >= 0.3 is 0 Å². The van der Waals surface area contributed by atoms with E-state index in [1.165, 1.54) is 5.56 Å². The second kappa shape index (κ2) is 7.15. The Balaban J connectivity index is 1.73. The lowest BCUT2D eigenvalue weighted by Crippen LogP contribution is -2.25. The van der Waals surface area contributed by atoms with Crippen molar-refractivity contribution in [3.8, 4) is 0 Å². The zero-order valence-corrected chi connectivity index (χ0v) is 15.2. The molecule has 0 aliphatic rings. The van der Waals surface area contributed by atoms with E-state index in [1.807, 2.05) is 50.6 Å². The molecule has 0 saturated heterocycles. The Morgan fingerprint density at radius 2 is 2.00 bits per heavy atom. The van der Waals surface area contributed by atoms with Crippen LogP contribution in [0.25, 0.3) is 5.52 Å². The van der Waals surface area contributed by atoms with Gasteiger partial charge in [-0.25, -0.2) is 4.98 Å². The van der Waals surface area contributed by atoms with E-state index in [2.05, 4.69) is 43.3 Å². The van der Waals surface area contributed by atoms with E-state index >= 15 is 0 Å². The number of aromatic nitrogens is 2. The first kappa shape index (κ1) is 16.7. The van der Waals surface area contributed by atoms with Crippen LogP contribution in [0.2, 0.25) is 0 Å². The van der Waals surface area contributed by atoms with Crippen LogP contribution in [0, 0.1) is 0 Å². The summed E-state index contributed by atoms with van der Waals surface area (Å²) in [6, 6.07) is 13.9. The van der Waals surface area contributed by atoms with Gasteiger partial charge in [-0.3, -0.25) is 9.20 Å². The molecule has 0 bridgehead atoms. The number of hydrogen-bond donors (Lipinski definition) is 1. The molecule has 0 atom stereocenters. The maximum Gasteiger partial charge on any atom is 0.287 e. The largest absolute Gasteiger partial charge is 0.345 e. The third kappa shape index (κ3) is 3.66. The quantitative estimate of drug-likeness (QED) is 0.732. The summed E-state index contributed by atoms with van der Waals surface area (Å²) >= 11 is 3.40. The minimum absolute atomic E-state index is 0.195. The van der Waals surface area contributed by atoms with Gasteiger partial charge in [-0.15, -0.1) is 0 Å². The number of benzene rings is 1. The van der Waals surface area contributed by atoms with E-state index in [4.69, 9.17) is 0 Å². The molecule has 0 spiro atoms. The van der Waals surface area contributed by atoms with Crippen molar-refractivity contribution in [1.29, 1.82) is 0 Å². The summed E-state index contributed by atoms with van der Waals surface area (Å²) in [6.45, 7) is 1.35. The molecule has 0 aliphatic carbocycles. The molecular weight excluding hydrogens is 368 g/mol. The van der Waals surface area contributed by atoms with Gasteiger partial charge in [0.25, 0.3) is 5.91 Å². The van der Waals surface area contributed by atoms with Crippen LogP contribution in [0.3, 0.4) is 0 Å². The summed E-state index contributed by atoms with van der Waals surface area (Å²) in [5.74, 6) is 0.182. The van der Waals surface area contributed by atoms with Gasteiger partial charge in [0.15, 0.2) is 0 Å². The van der Waals surface area contributed by atoms with Crippen LogP contribution in [0.4, 0.5) is 0 Å². The first-order valence-electron chi connectivity index (χ1n) is 7.68. The fraction of sp³-hybridized carbons (Fsp3) is 0.222. The predicted molar refractivity (Wildman–Crippen MR) is 97.9 cm³/mol. The minimum Gasteiger partial charge on any atom is -0.345 e. The Morgan fingerprint density at radius 3 is 2.79 bits per heavy atom. The van der Waals surface area contributed by atoms with Crippen LogP contribution in [-0.4, -0.2) is 34.3 Å². The van der Waals surface area contributed by atoms with Gasteiger partial charge in [-0.1, -0.05) is 30.3 Å². The van der Waals surface area contributed by atoms with Crippen molar-refractivity contribution < 1.29 is 4.79 Å². The lowest BCUT2D eigenvalue weighted by atomic mass is 10.1. The van der Waals surface area contributed by atoms with Crippen LogP contribution in [0.1, 0.15) is 21.7 Å². The Morgan fingerprint density at radius 1 is 1.21 bits per heavy atom. The molecule has 1 N–H and O–H groups in total. The van der Waals surface area contributed by atoms with Crippen LogP contribution in [0.5, 0.6) is 0 Å². The summed E-state index contributed by atoms with van der Waals surface area (Å²) in [4.78, 5) is 18.9. The van der Waals surface area contributed by atoms with Crippen molar-refractivity contribution >= 4 is 27.4 Å². The number of fused-ring (bicyclic) bond motifs is 1. The number of nitrogens with zero attached hydrogens (tertiary/aromatic N) is 3. The van der Waals surface area contributed by atoms with Gasteiger partial charge in [0.1, 0.15) is 4.60 Å². The molecule has 2 heterocycles. The Hall–Kier alpha value is -2.18. The van der Waals surface area contributed by atoms with Crippen LogP contribution >= 0.6 is 15.9 Å². The Kier molecular flexibility index (Phi) is 4.97.